The summed E-state index contributed by atoms with van der Waals surface area (Å²) in [5, 5.41) is 3.06. The van der Waals surface area contributed by atoms with E-state index in [0.29, 0.717) is 29.5 Å². The maximum Gasteiger partial charge on any atom is 0.245 e. The fourth-order valence-electron chi connectivity index (χ4n) is 3.48. The van der Waals surface area contributed by atoms with Crippen molar-refractivity contribution in [3.8, 4) is 0 Å². The summed E-state index contributed by atoms with van der Waals surface area (Å²) in [6.45, 7) is 0.577. The van der Waals surface area contributed by atoms with Crippen LogP contribution in [0.3, 0.4) is 0 Å². The van der Waals surface area contributed by atoms with Crippen LogP contribution in [0.15, 0.2) is 53.4 Å². The average molecular weight is 500 g/mol. The number of carbonyl (C=O) groups excluding carboxylic acids is 1. The van der Waals surface area contributed by atoms with Crippen molar-refractivity contribution in [2.75, 3.05) is 35.5 Å². The smallest absolute Gasteiger partial charge is 0.245 e. The standard InChI is InChI=1S/C21H26ClN3O5S2/c1-31(27,28)25(19-10-6-17(22)7-11-19)16-21(26)23-18-8-12-20(13-9-18)32(29,30)24-14-4-2-3-5-15-24/h6-13H,2-5,14-16H2,1H3,(H,23,26). The van der Waals surface area contributed by atoms with E-state index in [1.807, 2.05) is 0 Å². The minimum Gasteiger partial charge on any atom is -0.325 e. The average Bonchev–Trinajstić information content (AvgIpc) is 3.03. The van der Waals surface area contributed by atoms with Crippen molar-refractivity contribution in [1.29, 1.82) is 0 Å². The van der Waals surface area contributed by atoms with Crippen LogP contribution in [0.5, 0.6) is 0 Å². The third-order valence-electron chi connectivity index (χ3n) is 5.14. The van der Waals surface area contributed by atoms with E-state index in [1.54, 1.807) is 0 Å². The molecule has 1 saturated heterocycles. The van der Waals surface area contributed by atoms with Gasteiger partial charge in [-0.3, -0.25) is 9.10 Å². The first kappa shape index (κ1) is 24.5. The Kier molecular flexibility index (Phi) is 7.81. The SMILES string of the molecule is CS(=O)(=O)N(CC(=O)Nc1ccc(S(=O)(=O)N2CCCCCC2)cc1)c1ccc(Cl)cc1. The Hall–Kier alpha value is -2.14. The van der Waals surface area contributed by atoms with Gasteiger partial charge in [0.2, 0.25) is 26.0 Å². The van der Waals surface area contributed by atoms with Gasteiger partial charge in [0.05, 0.1) is 16.8 Å². The number of amides is 1. The molecular weight excluding hydrogens is 474 g/mol. The van der Waals surface area contributed by atoms with Crippen LogP contribution in [-0.4, -0.2) is 52.9 Å². The van der Waals surface area contributed by atoms with Crippen LogP contribution in [0.1, 0.15) is 25.7 Å². The maximum absolute atomic E-state index is 12.9. The molecule has 2 aromatic carbocycles. The number of carbonyl (C=O) groups is 1. The summed E-state index contributed by atoms with van der Waals surface area (Å²) in [5.74, 6) is -0.562. The number of rotatable bonds is 7. The van der Waals surface area contributed by atoms with Gasteiger partial charge in [-0.25, -0.2) is 16.8 Å². The molecule has 0 radical (unpaired) electrons. The zero-order valence-electron chi connectivity index (χ0n) is 17.7. The largest absolute Gasteiger partial charge is 0.325 e. The number of benzene rings is 2. The first-order valence-corrected chi connectivity index (χ1v) is 13.9. The number of sulfonamides is 2. The second-order valence-electron chi connectivity index (χ2n) is 7.64. The molecule has 0 aromatic heterocycles. The van der Waals surface area contributed by atoms with Gasteiger partial charge in [-0.05, 0) is 61.4 Å². The molecule has 1 amide bonds. The Bertz CT molecular complexity index is 1140. The van der Waals surface area contributed by atoms with Gasteiger partial charge in [0.1, 0.15) is 6.54 Å². The molecule has 1 N–H and O–H groups in total. The van der Waals surface area contributed by atoms with E-state index < -0.39 is 32.5 Å². The Morgan fingerprint density at radius 2 is 1.50 bits per heavy atom. The van der Waals surface area contributed by atoms with Crippen LogP contribution in [0.4, 0.5) is 11.4 Å². The van der Waals surface area contributed by atoms with E-state index in [-0.39, 0.29) is 4.90 Å². The van der Waals surface area contributed by atoms with Gasteiger partial charge < -0.3 is 5.32 Å². The zero-order valence-corrected chi connectivity index (χ0v) is 20.1. The number of nitrogens with one attached hydrogen (secondary N) is 1. The number of halogens is 1. The maximum atomic E-state index is 12.9. The minimum atomic E-state index is -3.72. The molecule has 0 unspecified atom stereocenters. The summed E-state index contributed by atoms with van der Waals surface area (Å²) in [7, 11) is -7.30. The highest BCUT2D eigenvalue weighted by Gasteiger charge is 2.25. The molecule has 0 aliphatic carbocycles. The van der Waals surface area contributed by atoms with E-state index in [2.05, 4.69) is 5.32 Å². The topological polar surface area (TPSA) is 104 Å². The molecule has 32 heavy (non-hydrogen) atoms. The Balaban J connectivity index is 1.70. The normalized spacial score (nSPS) is 15.7. The van der Waals surface area contributed by atoms with Crippen LogP contribution in [-0.2, 0) is 24.8 Å². The Morgan fingerprint density at radius 3 is 2.03 bits per heavy atom. The zero-order chi connectivity index (χ0) is 23.4. The molecule has 8 nitrogen and oxygen atoms in total. The van der Waals surface area contributed by atoms with E-state index >= 15 is 0 Å². The van der Waals surface area contributed by atoms with Gasteiger partial charge in [0, 0.05) is 23.8 Å². The van der Waals surface area contributed by atoms with Crippen LogP contribution < -0.4 is 9.62 Å². The number of anilines is 2. The number of hydrogen-bond donors (Lipinski definition) is 1. The predicted molar refractivity (Wildman–Crippen MR) is 126 cm³/mol. The van der Waals surface area contributed by atoms with E-state index in [4.69, 9.17) is 11.6 Å². The molecule has 1 heterocycles. The molecule has 11 heteroatoms. The van der Waals surface area contributed by atoms with Crippen molar-refractivity contribution in [2.45, 2.75) is 30.6 Å². The highest BCUT2D eigenvalue weighted by Crippen LogP contribution is 2.23. The summed E-state index contributed by atoms with van der Waals surface area (Å²) >= 11 is 5.85. The summed E-state index contributed by atoms with van der Waals surface area (Å²) in [6.07, 6.45) is 4.75. The quantitative estimate of drug-likeness (QED) is 0.629. The van der Waals surface area contributed by atoms with Gasteiger partial charge in [0.15, 0.2) is 0 Å². The van der Waals surface area contributed by atoms with Crippen molar-refractivity contribution in [1.82, 2.24) is 4.31 Å². The molecule has 1 aliphatic heterocycles. The molecule has 0 atom stereocenters. The van der Waals surface area contributed by atoms with Gasteiger partial charge in [-0.15, -0.1) is 0 Å². The molecule has 0 saturated carbocycles. The van der Waals surface area contributed by atoms with Gasteiger partial charge >= 0.3 is 0 Å². The summed E-state index contributed by atoms with van der Waals surface area (Å²) in [6, 6.07) is 12.0. The van der Waals surface area contributed by atoms with Crippen molar-refractivity contribution in [3.05, 3.63) is 53.6 Å². The van der Waals surface area contributed by atoms with Crippen LogP contribution in [0, 0.1) is 0 Å². The van der Waals surface area contributed by atoms with Crippen LogP contribution in [0.25, 0.3) is 0 Å². The predicted octanol–water partition coefficient (Wildman–Crippen LogP) is 3.31. The fraction of sp³-hybridized carbons (Fsp3) is 0.381. The van der Waals surface area contributed by atoms with Crippen LogP contribution >= 0.6 is 11.6 Å². The molecule has 174 valence electrons. The lowest BCUT2D eigenvalue weighted by Gasteiger charge is -2.22. The molecular formula is C21H26ClN3O5S2. The summed E-state index contributed by atoms with van der Waals surface area (Å²) in [4.78, 5) is 12.7. The highest BCUT2D eigenvalue weighted by atomic mass is 35.5. The van der Waals surface area contributed by atoms with Crippen molar-refractivity contribution >= 4 is 48.9 Å². The van der Waals surface area contributed by atoms with Crippen molar-refractivity contribution < 1.29 is 21.6 Å². The number of nitrogens with zero attached hydrogens (tertiary/aromatic N) is 2. The molecule has 1 aliphatic rings. The third kappa shape index (κ3) is 6.22. The second-order valence-corrected chi connectivity index (χ2v) is 11.9. The first-order chi connectivity index (χ1) is 15.1. The third-order valence-corrected chi connectivity index (χ3v) is 8.45. The summed E-state index contributed by atoms with van der Waals surface area (Å²) in [5.41, 5.74) is 0.681. The minimum absolute atomic E-state index is 0.163. The van der Waals surface area contributed by atoms with E-state index in [1.165, 1.54) is 52.8 Å². The van der Waals surface area contributed by atoms with E-state index in [9.17, 15) is 21.6 Å². The Labute approximate surface area is 194 Å². The number of hydrogen-bond acceptors (Lipinski definition) is 5. The van der Waals surface area contributed by atoms with E-state index in [0.717, 1.165) is 36.2 Å². The molecule has 0 spiro atoms. The monoisotopic (exact) mass is 499 g/mol. The van der Waals surface area contributed by atoms with Gasteiger partial charge in [-0.2, -0.15) is 4.31 Å². The summed E-state index contributed by atoms with van der Waals surface area (Å²) < 4.78 is 52.6. The molecule has 1 fully saturated rings. The highest BCUT2D eigenvalue weighted by molar-refractivity contribution is 7.92. The molecule has 2 aromatic rings. The first-order valence-electron chi connectivity index (χ1n) is 10.2. The van der Waals surface area contributed by atoms with Crippen LogP contribution in [0.2, 0.25) is 5.02 Å². The lowest BCUT2D eigenvalue weighted by Crippen LogP contribution is -2.37. The lowest BCUT2D eigenvalue weighted by atomic mass is 10.2. The molecule has 3 rings (SSSR count). The second kappa shape index (κ2) is 10.2. The Morgan fingerprint density at radius 1 is 0.938 bits per heavy atom. The fourth-order valence-corrected chi connectivity index (χ4v) is 5.98. The van der Waals surface area contributed by atoms with Gasteiger partial charge in [0.25, 0.3) is 0 Å². The van der Waals surface area contributed by atoms with Crippen molar-refractivity contribution in [2.24, 2.45) is 0 Å². The lowest BCUT2D eigenvalue weighted by molar-refractivity contribution is -0.114. The van der Waals surface area contributed by atoms with Crippen molar-refractivity contribution in [3.63, 3.8) is 0 Å². The molecule has 0 bridgehead atoms. The van der Waals surface area contributed by atoms with Gasteiger partial charge in [-0.1, -0.05) is 24.4 Å².